The van der Waals surface area contributed by atoms with Gasteiger partial charge in [0.2, 0.25) is 11.8 Å². The van der Waals surface area contributed by atoms with Crippen LogP contribution in [0.1, 0.15) is 17.5 Å². The van der Waals surface area contributed by atoms with Crippen LogP contribution in [0.2, 0.25) is 10.0 Å². The first-order valence-electron chi connectivity index (χ1n) is 10.6. The molecule has 15 heteroatoms. The quantitative estimate of drug-likeness (QED) is 0.124. The third-order valence-corrected chi connectivity index (χ3v) is 5.35. The van der Waals surface area contributed by atoms with Crippen molar-refractivity contribution < 1.29 is 14.5 Å². The van der Waals surface area contributed by atoms with Crippen LogP contribution in [0.4, 0.5) is 23.3 Å². The van der Waals surface area contributed by atoms with Crippen LogP contribution in [0.5, 0.6) is 0 Å². The van der Waals surface area contributed by atoms with Gasteiger partial charge in [-0.1, -0.05) is 23.2 Å². The molecule has 186 valence electrons. The lowest BCUT2D eigenvalue weighted by atomic mass is 10.1. The number of fused-ring (bicyclic) bond motifs is 1. The summed E-state index contributed by atoms with van der Waals surface area (Å²) in [6, 6.07) is 9.37. The fourth-order valence-corrected chi connectivity index (χ4v) is 3.71. The van der Waals surface area contributed by atoms with Gasteiger partial charge in [0.25, 0.3) is 5.82 Å². The van der Waals surface area contributed by atoms with Crippen LogP contribution in [-0.4, -0.2) is 55.2 Å². The Labute approximate surface area is 213 Å². The minimum atomic E-state index is -0.665. The van der Waals surface area contributed by atoms with Crippen molar-refractivity contribution in [2.75, 3.05) is 36.1 Å². The number of nitrogen functional groups attached to an aromatic ring is 1. The molecule has 0 saturated heterocycles. The molecule has 0 amide bonds. The number of carbonyl (C=O) groups excluding carboxylic acids is 1. The molecule has 0 aliphatic rings. The summed E-state index contributed by atoms with van der Waals surface area (Å²) in [6.07, 6.45) is 0. The van der Waals surface area contributed by atoms with Crippen LogP contribution in [-0.2, 0) is 4.74 Å². The molecular weight excluding hydrogens is 513 g/mol. The van der Waals surface area contributed by atoms with E-state index in [-0.39, 0.29) is 29.9 Å². The predicted molar refractivity (Wildman–Crippen MR) is 134 cm³/mol. The zero-order chi connectivity index (χ0) is 25.8. The third kappa shape index (κ3) is 5.37. The highest BCUT2D eigenvalue weighted by Crippen LogP contribution is 2.30. The zero-order valence-corrected chi connectivity index (χ0v) is 20.2. The van der Waals surface area contributed by atoms with Crippen molar-refractivity contribution in [3.63, 3.8) is 0 Å². The number of ether oxygens (including phenoxy) is 1. The number of halogens is 2. The maximum Gasteiger partial charge on any atom is 0.378 e. The van der Waals surface area contributed by atoms with Gasteiger partial charge in [0.1, 0.15) is 5.82 Å². The van der Waals surface area contributed by atoms with Gasteiger partial charge in [-0.2, -0.15) is 4.52 Å². The van der Waals surface area contributed by atoms with E-state index in [1.807, 2.05) is 0 Å². The maximum atomic E-state index is 12.2. The van der Waals surface area contributed by atoms with Crippen molar-refractivity contribution in [2.45, 2.75) is 6.92 Å². The minimum absolute atomic E-state index is 0.121. The first-order chi connectivity index (χ1) is 17.3. The van der Waals surface area contributed by atoms with Crippen LogP contribution < -0.4 is 16.4 Å². The number of rotatable bonds is 9. The number of hydrogen-bond acceptors (Lipinski definition) is 11. The van der Waals surface area contributed by atoms with Gasteiger partial charge < -0.3 is 21.1 Å². The van der Waals surface area contributed by atoms with Gasteiger partial charge in [-0.05, 0) is 31.2 Å². The number of nitrogens with zero attached hydrogens (tertiary/aromatic N) is 6. The lowest BCUT2D eigenvalue weighted by Gasteiger charge is -2.11. The van der Waals surface area contributed by atoms with E-state index in [1.54, 1.807) is 31.2 Å². The minimum Gasteiger partial charge on any atom is -0.460 e. The van der Waals surface area contributed by atoms with Crippen molar-refractivity contribution >= 4 is 58.1 Å². The molecule has 1 aromatic carbocycles. The molecule has 3 heterocycles. The second-order valence-electron chi connectivity index (χ2n) is 7.23. The second kappa shape index (κ2) is 10.6. The SMILES string of the molecule is CCOC(=O)c1nc2cc(-c3ccc(Cl)cc3Cl)nc(NCCNc3ccc([N+](=O)[O-])c(N)n3)n2n1. The van der Waals surface area contributed by atoms with Gasteiger partial charge in [0.15, 0.2) is 5.65 Å². The predicted octanol–water partition coefficient (Wildman–Crippen LogP) is 3.68. The fourth-order valence-electron chi connectivity index (χ4n) is 3.21. The molecule has 4 aromatic rings. The molecule has 0 fully saturated rings. The van der Waals surface area contributed by atoms with Gasteiger partial charge in [-0.25, -0.2) is 19.7 Å². The Hall–Kier alpha value is -4.23. The molecule has 0 bridgehead atoms. The van der Waals surface area contributed by atoms with E-state index < -0.39 is 10.9 Å². The second-order valence-corrected chi connectivity index (χ2v) is 8.07. The van der Waals surface area contributed by atoms with Gasteiger partial charge in [-0.15, -0.1) is 5.10 Å². The summed E-state index contributed by atoms with van der Waals surface area (Å²) in [4.78, 5) is 35.3. The number of carbonyl (C=O) groups is 1. The Balaban J connectivity index is 1.59. The molecule has 3 aromatic heterocycles. The molecule has 0 aliphatic heterocycles. The number of benzene rings is 1. The van der Waals surface area contributed by atoms with E-state index in [4.69, 9.17) is 33.7 Å². The molecular formula is C21H19Cl2N9O4. The average molecular weight is 532 g/mol. The lowest BCUT2D eigenvalue weighted by Crippen LogP contribution is -2.17. The Bertz CT molecular complexity index is 1460. The van der Waals surface area contributed by atoms with E-state index in [9.17, 15) is 14.9 Å². The number of nitrogens with one attached hydrogen (secondary N) is 2. The molecule has 0 radical (unpaired) electrons. The molecule has 0 aliphatic carbocycles. The standard InChI is InChI=1S/C21H19Cl2N9O4/c1-2-36-20(33)19-29-17-10-14(12-4-3-11(22)9-13(12)23)27-21(31(17)30-19)26-8-7-25-16-6-5-15(32(34)35)18(24)28-16/h3-6,9-10H,2,7-8H2,1H3,(H,26,27)(H3,24,25,28). The summed E-state index contributed by atoms with van der Waals surface area (Å²) < 4.78 is 6.38. The van der Waals surface area contributed by atoms with Crippen molar-refractivity contribution in [3.8, 4) is 11.3 Å². The zero-order valence-electron chi connectivity index (χ0n) is 18.7. The Kier molecular flexibility index (Phi) is 7.31. The number of nitro groups is 1. The van der Waals surface area contributed by atoms with Crippen molar-refractivity contribution in [1.29, 1.82) is 0 Å². The number of aromatic nitrogens is 5. The van der Waals surface area contributed by atoms with Crippen molar-refractivity contribution in [1.82, 2.24) is 24.6 Å². The molecule has 13 nitrogen and oxygen atoms in total. The highest BCUT2D eigenvalue weighted by molar-refractivity contribution is 6.36. The third-order valence-electron chi connectivity index (χ3n) is 4.80. The number of anilines is 3. The van der Waals surface area contributed by atoms with E-state index in [0.717, 1.165) is 0 Å². The van der Waals surface area contributed by atoms with Crippen LogP contribution in [0.3, 0.4) is 0 Å². The smallest absolute Gasteiger partial charge is 0.378 e. The largest absolute Gasteiger partial charge is 0.460 e. The number of esters is 1. The van der Waals surface area contributed by atoms with Crippen LogP contribution in [0.25, 0.3) is 16.9 Å². The van der Waals surface area contributed by atoms with E-state index in [1.165, 1.54) is 16.6 Å². The molecule has 36 heavy (non-hydrogen) atoms. The van der Waals surface area contributed by atoms with Crippen LogP contribution in [0.15, 0.2) is 36.4 Å². The van der Waals surface area contributed by atoms with E-state index >= 15 is 0 Å². The molecule has 0 unspecified atom stereocenters. The summed E-state index contributed by atoms with van der Waals surface area (Å²) in [7, 11) is 0. The van der Waals surface area contributed by atoms with Gasteiger partial charge in [-0.3, -0.25) is 10.1 Å². The normalized spacial score (nSPS) is 10.9. The van der Waals surface area contributed by atoms with E-state index in [0.29, 0.717) is 45.9 Å². The van der Waals surface area contributed by atoms with Crippen LogP contribution >= 0.6 is 23.2 Å². The number of pyridine rings is 1. The first-order valence-corrected chi connectivity index (χ1v) is 11.3. The summed E-state index contributed by atoms with van der Waals surface area (Å²) in [5.74, 6) is -0.325. The highest BCUT2D eigenvalue weighted by Gasteiger charge is 2.19. The summed E-state index contributed by atoms with van der Waals surface area (Å²) in [5, 5.41) is 22.1. The number of hydrogen-bond donors (Lipinski definition) is 3. The molecule has 0 saturated carbocycles. The van der Waals surface area contributed by atoms with Crippen molar-refractivity contribution in [3.05, 3.63) is 62.4 Å². The molecule has 0 spiro atoms. The monoisotopic (exact) mass is 531 g/mol. The Morgan fingerprint density at radius 2 is 1.92 bits per heavy atom. The van der Waals surface area contributed by atoms with Gasteiger partial charge in [0.05, 0.1) is 22.2 Å². The Morgan fingerprint density at radius 3 is 2.61 bits per heavy atom. The summed E-state index contributed by atoms with van der Waals surface area (Å²) in [6.45, 7) is 2.53. The van der Waals surface area contributed by atoms with Crippen molar-refractivity contribution in [2.24, 2.45) is 0 Å². The first kappa shape index (κ1) is 24.9. The Morgan fingerprint density at radius 1 is 1.14 bits per heavy atom. The average Bonchev–Trinajstić information content (AvgIpc) is 3.26. The molecule has 4 N–H and O–H groups in total. The fraction of sp³-hybridized carbons (Fsp3) is 0.190. The summed E-state index contributed by atoms with van der Waals surface area (Å²) in [5.41, 5.74) is 6.78. The molecule has 0 atom stereocenters. The van der Waals surface area contributed by atoms with Gasteiger partial charge in [0, 0.05) is 35.8 Å². The highest BCUT2D eigenvalue weighted by atomic mass is 35.5. The van der Waals surface area contributed by atoms with Crippen LogP contribution in [0, 0.1) is 10.1 Å². The molecule has 4 rings (SSSR count). The maximum absolute atomic E-state index is 12.2. The lowest BCUT2D eigenvalue weighted by molar-refractivity contribution is -0.384. The number of nitrogens with two attached hydrogens (primary N) is 1. The van der Waals surface area contributed by atoms with E-state index in [2.05, 4.69) is 30.7 Å². The summed E-state index contributed by atoms with van der Waals surface area (Å²) >= 11 is 12.4. The topological polar surface area (TPSA) is 175 Å². The van der Waals surface area contributed by atoms with Gasteiger partial charge >= 0.3 is 11.7 Å².